The van der Waals surface area contributed by atoms with Crippen molar-refractivity contribution in [2.75, 3.05) is 18.9 Å². The van der Waals surface area contributed by atoms with E-state index in [1.165, 1.54) is 0 Å². The predicted molar refractivity (Wildman–Crippen MR) is 90.5 cm³/mol. The molecule has 25 heavy (non-hydrogen) atoms. The standard InChI is InChI=1S/C16H20F3N3O2.ClH/c1-22(15(24)16(17,18)19)10-11-4-2-5-13(8-11)21-14(23)9-12-6-3-7-20-12;/h2,4-5,8,12,20H,3,6-7,9-10H2,1H3,(H,21,23);1H. The number of alkyl halides is 3. The Kier molecular flexibility index (Phi) is 7.69. The molecule has 5 nitrogen and oxygen atoms in total. The van der Waals surface area contributed by atoms with Crippen molar-refractivity contribution in [3.8, 4) is 0 Å². The first kappa shape index (κ1) is 21.2. The highest BCUT2D eigenvalue weighted by Crippen LogP contribution is 2.20. The molecule has 1 saturated heterocycles. The smallest absolute Gasteiger partial charge is 0.334 e. The van der Waals surface area contributed by atoms with Gasteiger partial charge in [0, 0.05) is 31.7 Å². The van der Waals surface area contributed by atoms with E-state index in [9.17, 15) is 22.8 Å². The van der Waals surface area contributed by atoms with Crippen molar-refractivity contribution in [3.63, 3.8) is 0 Å². The first-order valence-corrected chi connectivity index (χ1v) is 7.70. The minimum atomic E-state index is -4.89. The number of hydrogen-bond donors (Lipinski definition) is 2. The SMILES string of the molecule is CN(Cc1cccc(NC(=O)CC2CCCN2)c1)C(=O)C(F)(F)F.Cl. The van der Waals surface area contributed by atoms with Gasteiger partial charge in [0.25, 0.3) is 0 Å². The second kappa shape index (κ2) is 9.05. The average molecular weight is 380 g/mol. The largest absolute Gasteiger partial charge is 0.471 e. The van der Waals surface area contributed by atoms with Crippen LogP contribution in [-0.2, 0) is 16.1 Å². The molecule has 1 aromatic carbocycles. The summed E-state index contributed by atoms with van der Waals surface area (Å²) in [6.07, 6.45) is -2.53. The third kappa shape index (κ3) is 6.55. The summed E-state index contributed by atoms with van der Waals surface area (Å²) in [4.78, 5) is 23.7. The first-order chi connectivity index (χ1) is 11.3. The van der Waals surface area contributed by atoms with E-state index in [0.717, 1.165) is 26.4 Å². The van der Waals surface area contributed by atoms with Gasteiger partial charge >= 0.3 is 12.1 Å². The summed E-state index contributed by atoms with van der Waals surface area (Å²) in [6, 6.07) is 6.64. The van der Waals surface area contributed by atoms with Gasteiger partial charge in [0.15, 0.2) is 0 Å². The predicted octanol–water partition coefficient (Wildman–Crippen LogP) is 2.71. The molecule has 1 aliphatic rings. The number of nitrogens with zero attached hydrogens (tertiary/aromatic N) is 1. The fourth-order valence-corrected chi connectivity index (χ4v) is 2.68. The fourth-order valence-electron chi connectivity index (χ4n) is 2.68. The van der Waals surface area contributed by atoms with Crippen molar-refractivity contribution in [1.82, 2.24) is 10.2 Å². The van der Waals surface area contributed by atoms with E-state index in [-0.39, 0.29) is 30.9 Å². The number of nitrogens with one attached hydrogen (secondary N) is 2. The quantitative estimate of drug-likeness (QED) is 0.827. The molecule has 0 bridgehead atoms. The van der Waals surface area contributed by atoms with Gasteiger partial charge in [-0.15, -0.1) is 12.4 Å². The number of anilines is 1. The number of benzene rings is 1. The summed E-state index contributed by atoms with van der Waals surface area (Å²) in [5.41, 5.74) is 1.01. The van der Waals surface area contributed by atoms with Crippen LogP contribution in [0.2, 0.25) is 0 Å². The van der Waals surface area contributed by atoms with Crippen molar-refractivity contribution < 1.29 is 22.8 Å². The van der Waals surface area contributed by atoms with Crippen LogP contribution in [0.5, 0.6) is 0 Å². The molecule has 0 aliphatic carbocycles. The van der Waals surface area contributed by atoms with Gasteiger partial charge in [0.2, 0.25) is 5.91 Å². The van der Waals surface area contributed by atoms with Crippen LogP contribution in [-0.4, -0.2) is 42.5 Å². The Morgan fingerprint density at radius 2 is 2.08 bits per heavy atom. The van der Waals surface area contributed by atoms with Gasteiger partial charge in [-0.25, -0.2) is 0 Å². The number of amides is 2. The molecule has 2 rings (SSSR count). The molecular formula is C16H21ClF3N3O2. The molecule has 1 unspecified atom stereocenters. The molecule has 1 heterocycles. The topological polar surface area (TPSA) is 61.4 Å². The maximum absolute atomic E-state index is 12.4. The molecule has 1 atom stereocenters. The van der Waals surface area contributed by atoms with Crippen LogP contribution in [0.3, 0.4) is 0 Å². The van der Waals surface area contributed by atoms with Crippen molar-refractivity contribution >= 4 is 29.9 Å². The summed E-state index contributed by atoms with van der Waals surface area (Å²) in [5.74, 6) is -2.05. The molecule has 9 heteroatoms. The maximum atomic E-state index is 12.4. The summed E-state index contributed by atoms with van der Waals surface area (Å²) in [5, 5.41) is 5.96. The molecule has 1 fully saturated rings. The van der Waals surface area contributed by atoms with Gasteiger partial charge in [-0.2, -0.15) is 13.2 Å². The maximum Gasteiger partial charge on any atom is 0.471 e. The number of hydrogen-bond acceptors (Lipinski definition) is 3. The Bertz CT molecular complexity index is 605. The van der Waals surface area contributed by atoms with E-state index in [1.54, 1.807) is 24.3 Å². The highest BCUT2D eigenvalue weighted by Gasteiger charge is 2.41. The Labute approximate surface area is 150 Å². The minimum Gasteiger partial charge on any atom is -0.334 e. The highest BCUT2D eigenvalue weighted by atomic mass is 35.5. The number of carbonyl (C=O) groups is 2. The Hall–Kier alpha value is -1.80. The monoisotopic (exact) mass is 379 g/mol. The zero-order valence-electron chi connectivity index (χ0n) is 13.7. The molecule has 2 amide bonds. The van der Waals surface area contributed by atoms with E-state index >= 15 is 0 Å². The van der Waals surface area contributed by atoms with E-state index < -0.39 is 12.1 Å². The van der Waals surface area contributed by atoms with Crippen molar-refractivity contribution in [3.05, 3.63) is 29.8 Å². The minimum absolute atomic E-state index is 0. The molecular weight excluding hydrogens is 359 g/mol. The van der Waals surface area contributed by atoms with Gasteiger partial charge in [-0.3, -0.25) is 9.59 Å². The Balaban J connectivity index is 0.00000312. The molecule has 0 aromatic heterocycles. The van der Waals surface area contributed by atoms with Crippen molar-refractivity contribution in [2.24, 2.45) is 0 Å². The lowest BCUT2D eigenvalue weighted by atomic mass is 10.1. The molecule has 140 valence electrons. The van der Waals surface area contributed by atoms with Gasteiger partial charge in [-0.05, 0) is 37.1 Å². The molecule has 0 radical (unpaired) electrons. The van der Waals surface area contributed by atoms with Gasteiger partial charge in [0.1, 0.15) is 0 Å². The van der Waals surface area contributed by atoms with E-state index in [0.29, 0.717) is 22.6 Å². The van der Waals surface area contributed by atoms with E-state index in [2.05, 4.69) is 10.6 Å². The number of halogens is 4. The molecule has 0 saturated carbocycles. The van der Waals surface area contributed by atoms with Gasteiger partial charge in [-0.1, -0.05) is 12.1 Å². The number of rotatable bonds is 5. The summed E-state index contributed by atoms with van der Waals surface area (Å²) in [6.45, 7) is 0.721. The van der Waals surface area contributed by atoms with Crippen LogP contribution in [0.15, 0.2) is 24.3 Å². The number of carbonyl (C=O) groups excluding carboxylic acids is 2. The van der Waals surface area contributed by atoms with Crippen LogP contribution in [0.1, 0.15) is 24.8 Å². The fraction of sp³-hybridized carbons (Fsp3) is 0.500. The lowest BCUT2D eigenvalue weighted by Gasteiger charge is -2.19. The van der Waals surface area contributed by atoms with Crippen LogP contribution in [0.4, 0.5) is 18.9 Å². The Morgan fingerprint density at radius 1 is 1.36 bits per heavy atom. The van der Waals surface area contributed by atoms with Crippen LogP contribution < -0.4 is 10.6 Å². The molecule has 0 spiro atoms. The van der Waals surface area contributed by atoms with Crippen LogP contribution in [0, 0.1) is 0 Å². The van der Waals surface area contributed by atoms with Crippen molar-refractivity contribution in [2.45, 2.75) is 38.0 Å². The summed E-state index contributed by atoms with van der Waals surface area (Å²) >= 11 is 0. The van der Waals surface area contributed by atoms with Crippen LogP contribution in [0.25, 0.3) is 0 Å². The zero-order valence-corrected chi connectivity index (χ0v) is 14.5. The van der Waals surface area contributed by atoms with Crippen molar-refractivity contribution in [1.29, 1.82) is 0 Å². The summed E-state index contributed by atoms with van der Waals surface area (Å²) in [7, 11) is 1.09. The Morgan fingerprint density at radius 3 is 2.68 bits per heavy atom. The second-order valence-electron chi connectivity index (χ2n) is 5.90. The van der Waals surface area contributed by atoms with Gasteiger partial charge in [0.05, 0.1) is 0 Å². The van der Waals surface area contributed by atoms with E-state index in [4.69, 9.17) is 0 Å². The normalized spacial score (nSPS) is 16.9. The highest BCUT2D eigenvalue weighted by molar-refractivity contribution is 5.91. The van der Waals surface area contributed by atoms with Crippen LogP contribution >= 0.6 is 12.4 Å². The first-order valence-electron chi connectivity index (χ1n) is 7.70. The lowest BCUT2D eigenvalue weighted by molar-refractivity contribution is -0.184. The second-order valence-corrected chi connectivity index (χ2v) is 5.90. The zero-order chi connectivity index (χ0) is 17.7. The van der Waals surface area contributed by atoms with E-state index in [1.807, 2.05) is 0 Å². The average Bonchev–Trinajstić information content (AvgIpc) is 2.98. The third-order valence-corrected chi connectivity index (χ3v) is 3.81. The summed E-state index contributed by atoms with van der Waals surface area (Å²) < 4.78 is 37.2. The molecule has 1 aromatic rings. The molecule has 2 N–H and O–H groups in total. The third-order valence-electron chi connectivity index (χ3n) is 3.81. The molecule has 1 aliphatic heterocycles. The van der Waals surface area contributed by atoms with Gasteiger partial charge < -0.3 is 15.5 Å². The lowest BCUT2D eigenvalue weighted by Crippen LogP contribution is -2.37.